The molecule has 0 spiro atoms. The molecule has 0 saturated heterocycles. The molecule has 0 heterocycles. The summed E-state index contributed by atoms with van der Waals surface area (Å²) in [4.78, 5) is 0.473. The van der Waals surface area contributed by atoms with Crippen molar-refractivity contribution < 1.29 is 13.3 Å². The predicted molar refractivity (Wildman–Crippen MR) is 73.5 cm³/mol. The summed E-state index contributed by atoms with van der Waals surface area (Å²) in [6.07, 6.45) is 0.265. The number of rotatable bonds is 5. The Bertz CT molecular complexity index is 497. The normalized spacial score (nSPS) is 23.6. The summed E-state index contributed by atoms with van der Waals surface area (Å²) in [5.74, 6) is -0.570. The standard InChI is InChI=1S/C14H22ClNO/c1-11(10-16(3)4)14(2,17)9-12-5-7-13(15)8-6-12/h5-8,11,17H,9-10H2,1-4H3/i3D3,4D3. The van der Waals surface area contributed by atoms with Crippen molar-refractivity contribution in [2.24, 2.45) is 5.92 Å². The lowest BCUT2D eigenvalue weighted by molar-refractivity contribution is -0.00259. The molecule has 0 aliphatic heterocycles. The van der Waals surface area contributed by atoms with E-state index in [1.54, 1.807) is 38.1 Å². The molecule has 2 unspecified atom stereocenters. The fourth-order valence-corrected chi connectivity index (χ4v) is 1.79. The van der Waals surface area contributed by atoms with Gasteiger partial charge in [0.15, 0.2) is 0 Å². The maximum absolute atomic E-state index is 10.7. The van der Waals surface area contributed by atoms with Crippen molar-refractivity contribution in [1.82, 2.24) is 4.90 Å². The highest BCUT2D eigenvalue weighted by Crippen LogP contribution is 2.23. The molecular weight excluding hydrogens is 234 g/mol. The van der Waals surface area contributed by atoms with Gasteiger partial charge in [-0.3, -0.25) is 0 Å². The van der Waals surface area contributed by atoms with E-state index in [2.05, 4.69) is 0 Å². The van der Waals surface area contributed by atoms with Gasteiger partial charge in [0.25, 0.3) is 0 Å². The van der Waals surface area contributed by atoms with Gasteiger partial charge >= 0.3 is 0 Å². The first-order valence-electron chi connectivity index (χ1n) is 8.48. The Hall–Kier alpha value is -0.570. The average molecular weight is 262 g/mol. The van der Waals surface area contributed by atoms with E-state index >= 15 is 0 Å². The van der Waals surface area contributed by atoms with Crippen molar-refractivity contribution in [2.75, 3.05) is 20.5 Å². The summed E-state index contributed by atoms with van der Waals surface area (Å²) in [5.41, 5.74) is -0.427. The van der Waals surface area contributed by atoms with Crippen molar-refractivity contribution in [3.05, 3.63) is 34.9 Å². The number of hydrogen-bond donors (Lipinski definition) is 1. The lowest BCUT2D eigenvalue weighted by Gasteiger charge is -2.32. The average Bonchev–Trinajstić information content (AvgIpc) is 2.35. The van der Waals surface area contributed by atoms with E-state index in [9.17, 15) is 5.11 Å². The Kier molecular flexibility index (Phi) is 2.68. The molecule has 1 aromatic carbocycles. The zero-order valence-electron chi connectivity index (χ0n) is 16.1. The maximum atomic E-state index is 10.7. The van der Waals surface area contributed by atoms with Crippen LogP contribution in [-0.4, -0.2) is 36.1 Å². The molecule has 0 fully saturated rings. The molecule has 0 amide bonds. The van der Waals surface area contributed by atoms with Crippen LogP contribution in [0.4, 0.5) is 0 Å². The molecule has 0 bridgehead atoms. The molecule has 2 atom stereocenters. The first-order valence-corrected chi connectivity index (χ1v) is 5.86. The van der Waals surface area contributed by atoms with E-state index in [0.29, 0.717) is 9.92 Å². The van der Waals surface area contributed by atoms with Crippen molar-refractivity contribution in [2.45, 2.75) is 25.9 Å². The summed E-state index contributed by atoms with van der Waals surface area (Å²) in [7, 11) is 0. The van der Waals surface area contributed by atoms with E-state index in [4.69, 9.17) is 19.8 Å². The molecule has 96 valence electrons. The SMILES string of the molecule is [2H]C([2H])([2H])N(CC(C)C(C)(O)Cc1ccc(Cl)cc1)C([2H])([2H])[2H]. The molecule has 0 saturated carbocycles. The van der Waals surface area contributed by atoms with E-state index in [1.165, 1.54) is 0 Å². The van der Waals surface area contributed by atoms with Crippen LogP contribution in [0, 0.1) is 5.92 Å². The molecule has 0 aromatic heterocycles. The second kappa shape index (κ2) is 5.85. The second-order valence-electron chi connectivity index (χ2n) is 4.67. The lowest BCUT2D eigenvalue weighted by atomic mass is 9.84. The van der Waals surface area contributed by atoms with Crippen molar-refractivity contribution >= 4 is 11.6 Å². The quantitative estimate of drug-likeness (QED) is 0.881. The fraction of sp³-hybridized carbons (Fsp3) is 0.571. The van der Waals surface area contributed by atoms with Crippen LogP contribution in [0.5, 0.6) is 0 Å². The van der Waals surface area contributed by atoms with Crippen LogP contribution in [0.25, 0.3) is 0 Å². The third kappa shape index (κ3) is 4.66. The van der Waals surface area contributed by atoms with Crippen LogP contribution in [0.1, 0.15) is 27.6 Å². The molecule has 0 aliphatic rings. The van der Waals surface area contributed by atoms with Gasteiger partial charge in [0.2, 0.25) is 0 Å². The Labute approximate surface area is 118 Å². The number of aliphatic hydroxyl groups is 1. The van der Waals surface area contributed by atoms with Crippen molar-refractivity contribution in [3.8, 4) is 0 Å². The smallest absolute Gasteiger partial charge is 0.0697 e. The van der Waals surface area contributed by atoms with Gasteiger partial charge in [0, 0.05) is 26.2 Å². The Morgan fingerprint density at radius 2 is 2.00 bits per heavy atom. The van der Waals surface area contributed by atoms with Gasteiger partial charge in [-0.2, -0.15) is 0 Å². The summed E-state index contributed by atoms with van der Waals surface area (Å²) in [6, 6.07) is 6.95. The van der Waals surface area contributed by atoms with Crippen LogP contribution in [0.15, 0.2) is 24.3 Å². The first kappa shape index (κ1) is 7.78. The third-order valence-electron chi connectivity index (χ3n) is 2.99. The van der Waals surface area contributed by atoms with Gasteiger partial charge in [-0.05, 0) is 44.5 Å². The number of benzene rings is 1. The van der Waals surface area contributed by atoms with Gasteiger partial charge in [-0.15, -0.1) is 0 Å². The van der Waals surface area contributed by atoms with Crippen molar-refractivity contribution in [3.63, 3.8) is 0 Å². The highest BCUT2D eigenvalue weighted by Gasteiger charge is 2.28. The Morgan fingerprint density at radius 1 is 1.41 bits per heavy atom. The van der Waals surface area contributed by atoms with Gasteiger partial charge in [0.05, 0.1) is 5.60 Å². The maximum Gasteiger partial charge on any atom is 0.0697 e. The van der Waals surface area contributed by atoms with Gasteiger partial charge < -0.3 is 10.0 Å². The fourth-order valence-electron chi connectivity index (χ4n) is 1.66. The highest BCUT2D eigenvalue weighted by molar-refractivity contribution is 6.30. The van der Waals surface area contributed by atoms with Crippen LogP contribution < -0.4 is 0 Å². The van der Waals surface area contributed by atoms with E-state index in [0.717, 1.165) is 5.56 Å². The zero-order valence-corrected chi connectivity index (χ0v) is 10.8. The minimum absolute atomic E-state index is 0.265. The molecule has 3 heteroatoms. The lowest BCUT2D eigenvalue weighted by Crippen LogP contribution is -2.40. The summed E-state index contributed by atoms with van der Waals surface area (Å²) >= 11 is 5.82. The largest absolute Gasteiger partial charge is 0.390 e. The molecular formula is C14H22ClNO. The summed E-state index contributed by atoms with van der Waals surface area (Å²) in [5, 5.41) is 11.2. The number of nitrogens with zero attached hydrogens (tertiary/aromatic N) is 1. The summed E-state index contributed by atoms with van der Waals surface area (Å²) < 4.78 is 44.3. The van der Waals surface area contributed by atoms with Gasteiger partial charge in [0.1, 0.15) is 0 Å². The van der Waals surface area contributed by atoms with E-state index < -0.39 is 25.5 Å². The Balaban J connectivity index is 2.88. The first-order chi connectivity index (χ1) is 10.2. The topological polar surface area (TPSA) is 23.5 Å². The minimum Gasteiger partial charge on any atom is -0.390 e. The van der Waals surface area contributed by atoms with Crippen LogP contribution in [0.3, 0.4) is 0 Å². The monoisotopic (exact) mass is 261 g/mol. The number of hydrogen-bond acceptors (Lipinski definition) is 2. The summed E-state index contributed by atoms with van der Waals surface area (Å²) in [6.45, 7) is -2.57. The third-order valence-corrected chi connectivity index (χ3v) is 3.25. The molecule has 1 N–H and O–H groups in total. The van der Waals surface area contributed by atoms with Crippen molar-refractivity contribution in [1.29, 1.82) is 0 Å². The molecule has 2 nitrogen and oxygen atoms in total. The van der Waals surface area contributed by atoms with Crippen LogP contribution >= 0.6 is 11.6 Å². The molecule has 17 heavy (non-hydrogen) atoms. The molecule has 1 rings (SSSR count). The molecule has 0 aliphatic carbocycles. The number of halogens is 1. The van der Waals surface area contributed by atoms with Crippen LogP contribution in [0.2, 0.25) is 5.02 Å². The van der Waals surface area contributed by atoms with Crippen LogP contribution in [-0.2, 0) is 6.42 Å². The van der Waals surface area contributed by atoms with Gasteiger partial charge in [-0.1, -0.05) is 30.7 Å². The second-order valence-corrected chi connectivity index (χ2v) is 5.11. The predicted octanol–water partition coefficient (Wildman–Crippen LogP) is 2.83. The minimum atomic E-state index is -2.75. The van der Waals surface area contributed by atoms with E-state index in [1.807, 2.05) is 0 Å². The molecule has 0 radical (unpaired) electrons. The highest BCUT2D eigenvalue weighted by atomic mass is 35.5. The van der Waals surface area contributed by atoms with Gasteiger partial charge in [-0.25, -0.2) is 0 Å². The Morgan fingerprint density at radius 3 is 2.53 bits per heavy atom. The zero-order chi connectivity index (χ0) is 18.1. The molecule has 1 aromatic rings. The van der Waals surface area contributed by atoms with E-state index in [-0.39, 0.29) is 13.0 Å².